The predicted molar refractivity (Wildman–Crippen MR) is 112 cm³/mol. The van der Waals surface area contributed by atoms with Gasteiger partial charge < -0.3 is 25.3 Å². The van der Waals surface area contributed by atoms with Crippen molar-refractivity contribution >= 4 is 34.4 Å². The molecule has 32 heavy (non-hydrogen) atoms. The second-order valence-electron chi connectivity index (χ2n) is 6.65. The highest BCUT2D eigenvalue weighted by Crippen LogP contribution is 2.29. The molecule has 0 spiro atoms. The molecule has 0 radical (unpaired) electrons. The average molecular weight is 473 g/mol. The van der Waals surface area contributed by atoms with Crippen LogP contribution in [-0.4, -0.2) is 40.0 Å². The third-order valence-electron chi connectivity index (χ3n) is 4.30. The van der Waals surface area contributed by atoms with E-state index in [9.17, 15) is 13.2 Å². The molecule has 0 aliphatic carbocycles. The summed E-state index contributed by atoms with van der Waals surface area (Å²) >= 11 is 5.86. The summed E-state index contributed by atoms with van der Waals surface area (Å²) in [5.41, 5.74) is 3.84. The van der Waals surface area contributed by atoms with Gasteiger partial charge in [0.25, 0.3) is 0 Å². The van der Waals surface area contributed by atoms with Gasteiger partial charge in [0.15, 0.2) is 0 Å². The zero-order valence-electron chi connectivity index (χ0n) is 16.8. The number of carboxylic acid groups (broad SMARTS) is 2. The van der Waals surface area contributed by atoms with Gasteiger partial charge in [0.2, 0.25) is 0 Å². The highest BCUT2D eigenvalue weighted by atomic mass is 35.5. The van der Waals surface area contributed by atoms with Crippen LogP contribution in [0.25, 0.3) is 10.9 Å². The van der Waals surface area contributed by atoms with Gasteiger partial charge in [0, 0.05) is 28.2 Å². The first kappa shape index (κ1) is 25.0. The van der Waals surface area contributed by atoms with E-state index in [2.05, 4.69) is 15.0 Å². The van der Waals surface area contributed by atoms with Crippen molar-refractivity contribution in [3.8, 4) is 5.75 Å². The van der Waals surface area contributed by atoms with Crippen molar-refractivity contribution in [1.29, 1.82) is 0 Å². The van der Waals surface area contributed by atoms with E-state index in [1.807, 2.05) is 31.2 Å². The van der Waals surface area contributed by atoms with E-state index >= 15 is 0 Å². The number of aryl methyl sites for hydroxylation is 1. The molecule has 1 heterocycles. The summed E-state index contributed by atoms with van der Waals surface area (Å²) in [5, 5.41) is 19.6. The van der Waals surface area contributed by atoms with Gasteiger partial charge in [0.05, 0.1) is 0 Å². The molecule has 0 bridgehead atoms. The molecule has 3 rings (SSSR count). The number of fused-ring (bicyclic) bond motifs is 1. The maximum Gasteiger partial charge on any atom is 0.573 e. The van der Waals surface area contributed by atoms with E-state index in [1.165, 1.54) is 12.1 Å². The van der Waals surface area contributed by atoms with E-state index < -0.39 is 18.3 Å². The van der Waals surface area contributed by atoms with E-state index in [-0.39, 0.29) is 5.75 Å². The molecule has 0 saturated heterocycles. The number of hydrogen-bond acceptors (Lipinski definition) is 4. The molecule has 172 valence electrons. The Balaban J connectivity index is 0.000000534. The number of carbonyl (C=O) groups is 2. The number of aliphatic carboxylic acids is 2. The van der Waals surface area contributed by atoms with Crippen molar-refractivity contribution in [2.45, 2.75) is 26.3 Å². The van der Waals surface area contributed by atoms with Crippen LogP contribution in [0.2, 0.25) is 5.02 Å². The number of H-pyrrole nitrogens is 1. The number of aromatic amines is 1. The summed E-state index contributed by atoms with van der Waals surface area (Å²) < 4.78 is 41.3. The summed E-state index contributed by atoms with van der Waals surface area (Å²) in [6, 6.07) is 11.9. The van der Waals surface area contributed by atoms with Crippen LogP contribution in [0.5, 0.6) is 5.75 Å². The molecule has 0 amide bonds. The first-order valence-electron chi connectivity index (χ1n) is 9.24. The lowest BCUT2D eigenvalue weighted by Crippen LogP contribution is -2.17. The van der Waals surface area contributed by atoms with E-state index in [4.69, 9.17) is 31.4 Å². The second-order valence-corrected chi connectivity index (χ2v) is 7.08. The van der Waals surface area contributed by atoms with Crippen LogP contribution in [0.3, 0.4) is 0 Å². The fraction of sp³-hybridized carbons (Fsp3) is 0.238. The van der Waals surface area contributed by atoms with Gasteiger partial charge in [-0.1, -0.05) is 23.7 Å². The lowest BCUT2D eigenvalue weighted by Gasteiger charge is -2.09. The van der Waals surface area contributed by atoms with Gasteiger partial charge >= 0.3 is 18.3 Å². The van der Waals surface area contributed by atoms with Gasteiger partial charge in [0.1, 0.15) is 5.75 Å². The Kier molecular flexibility index (Phi) is 8.50. The van der Waals surface area contributed by atoms with E-state index in [0.717, 1.165) is 27.7 Å². The minimum atomic E-state index is -4.70. The first-order valence-corrected chi connectivity index (χ1v) is 9.62. The number of carboxylic acids is 2. The quantitative estimate of drug-likeness (QED) is 0.310. The summed E-state index contributed by atoms with van der Waals surface area (Å²) in [7, 11) is 0. The highest BCUT2D eigenvalue weighted by Gasteiger charge is 2.31. The number of nitrogens with one attached hydrogen (secondary N) is 2. The molecule has 4 N–H and O–H groups in total. The topological polar surface area (TPSA) is 112 Å². The van der Waals surface area contributed by atoms with Gasteiger partial charge in [-0.2, -0.15) is 0 Å². The highest BCUT2D eigenvalue weighted by molar-refractivity contribution is 6.30. The molecule has 11 heteroatoms. The van der Waals surface area contributed by atoms with Gasteiger partial charge in [-0.3, -0.25) is 0 Å². The van der Waals surface area contributed by atoms with Crippen LogP contribution in [0.15, 0.2) is 42.5 Å². The Hall–Kier alpha value is -3.24. The molecule has 0 unspecified atom stereocenters. The fourth-order valence-corrected chi connectivity index (χ4v) is 3.06. The fourth-order valence-electron chi connectivity index (χ4n) is 2.93. The van der Waals surface area contributed by atoms with Gasteiger partial charge in [-0.05, 0) is 61.3 Å². The normalized spacial score (nSPS) is 11.0. The van der Waals surface area contributed by atoms with Crippen molar-refractivity contribution in [2.75, 3.05) is 6.54 Å². The predicted octanol–water partition coefficient (Wildman–Crippen LogP) is 4.52. The Labute approximate surface area is 185 Å². The Bertz CT molecular complexity index is 1070. The Morgan fingerprint density at radius 2 is 1.72 bits per heavy atom. The van der Waals surface area contributed by atoms with Crippen LogP contribution in [0, 0.1) is 6.92 Å². The average Bonchev–Trinajstić information content (AvgIpc) is 3.00. The lowest BCUT2D eigenvalue weighted by molar-refractivity contribution is -0.274. The summed E-state index contributed by atoms with van der Waals surface area (Å²) in [6.45, 7) is 3.31. The molecule has 0 atom stereocenters. The largest absolute Gasteiger partial charge is 0.573 e. The van der Waals surface area contributed by atoms with Crippen molar-refractivity contribution in [2.24, 2.45) is 0 Å². The molecule has 1 aromatic heterocycles. The Morgan fingerprint density at radius 3 is 2.28 bits per heavy atom. The molecular weight excluding hydrogens is 453 g/mol. The summed E-state index contributed by atoms with van der Waals surface area (Å²) in [6.07, 6.45) is -4.01. The van der Waals surface area contributed by atoms with Crippen LogP contribution in [0.1, 0.15) is 16.8 Å². The van der Waals surface area contributed by atoms with E-state index in [1.54, 1.807) is 6.07 Å². The van der Waals surface area contributed by atoms with Crippen LogP contribution >= 0.6 is 11.6 Å². The number of alkyl halides is 3. The summed E-state index contributed by atoms with van der Waals surface area (Å²) in [5.74, 6) is -3.86. The third kappa shape index (κ3) is 7.78. The van der Waals surface area contributed by atoms with Crippen molar-refractivity contribution < 1.29 is 37.7 Å². The molecule has 2 aromatic carbocycles. The van der Waals surface area contributed by atoms with Gasteiger partial charge in [-0.25, -0.2) is 9.59 Å². The van der Waals surface area contributed by atoms with Crippen molar-refractivity contribution in [1.82, 2.24) is 10.3 Å². The number of aromatic nitrogens is 1. The van der Waals surface area contributed by atoms with Crippen molar-refractivity contribution in [3.63, 3.8) is 0 Å². The minimum Gasteiger partial charge on any atom is -0.473 e. The molecule has 0 aliphatic heterocycles. The number of ether oxygens (including phenoxy) is 1. The SMILES string of the molecule is Cc1[nH]c2ccc(OC(F)(F)F)cc2c1CCNCc1ccc(Cl)cc1.O=C(O)C(=O)O. The smallest absolute Gasteiger partial charge is 0.473 e. The maximum absolute atomic E-state index is 12.4. The van der Waals surface area contributed by atoms with Crippen LogP contribution in [-0.2, 0) is 22.6 Å². The second kappa shape index (κ2) is 10.9. The maximum atomic E-state index is 12.4. The molecule has 0 fully saturated rings. The molecule has 0 aliphatic rings. The van der Waals surface area contributed by atoms with Gasteiger partial charge in [-0.15, -0.1) is 13.2 Å². The van der Waals surface area contributed by atoms with Crippen LogP contribution < -0.4 is 10.1 Å². The van der Waals surface area contributed by atoms with E-state index in [0.29, 0.717) is 24.5 Å². The molecule has 7 nitrogen and oxygen atoms in total. The third-order valence-corrected chi connectivity index (χ3v) is 4.55. The molecule has 0 saturated carbocycles. The first-order chi connectivity index (χ1) is 15.0. The molecule has 3 aromatic rings. The Morgan fingerprint density at radius 1 is 1.09 bits per heavy atom. The number of halogens is 4. The minimum absolute atomic E-state index is 0.209. The number of rotatable bonds is 6. The zero-order valence-corrected chi connectivity index (χ0v) is 17.5. The summed E-state index contributed by atoms with van der Waals surface area (Å²) in [4.78, 5) is 21.4. The van der Waals surface area contributed by atoms with Crippen molar-refractivity contribution in [3.05, 3.63) is 64.3 Å². The monoisotopic (exact) mass is 472 g/mol. The van der Waals surface area contributed by atoms with Crippen LogP contribution in [0.4, 0.5) is 13.2 Å². The number of hydrogen-bond donors (Lipinski definition) is 4. The standard InChI is InChI=1S/C19H18ClF3N2O.C2H2O4/c1-12-16(8-9-24-11-13-2-4-14(20)5-3-13)17-10-15(26-19(21,22)23)6-7-18(17)25-12;3-1(4)2(5)6/h2-7,10,24-25H,8-9,11H2,1H3;(H,3,4)(H,5,6). The zero-order chi connectivity index (χ0) is 23.9. The lowest BCUT2D eigenvalue weighted by atomic mass is 10.1. The number of benzene rings is 2. The molecular formula is C21H20ClF3N2O5.